The fraction of sp³-hybridized carbons (Fsp3) is 0.333. The largest absolute Gasteiger partial charge is 0.508 e. The molecule has 3 nitrogen and oxygen atoms in total. The minimum atomic E-state index is 0.108. The minimum absolute atomic E-state index is 0.108. The van der Waals surface area contributed by atoms with Gasteiger partial charge in [0.2, 0.25) is 0 Å². The Balaban J connectivity index is 0.000000561. The van der Waals surface area contributed by atoms with E-state index in [1.807, 2.05) is 13.8 Å². The minimum Gasteiger partial charge on any atom is -0.508 e. The topological polar surface area (TPSA) is 49.7 Å². The van der Waals surface area contributed by atoms with Crippen LogP contribution in [0.15, 0.2) is 23.4 Å². The molecule has 0 bridgehead atoms. The summed E-state index contributed by atoms with van der Waals surface area (Å²) in [5, 5.41) is 11.8. The molecule has 0 aliphatic heterocycles. The van der Waals surface area contributed by atoms with Crippen LogP contribution in [0.2, 0.25) is 0 Å². The molecular weight excluding hydrogens is 154 g/mol. The number of nitrogens with zero attached hydrogens (tertiary/aromatic N) is 1. The molecule has 1 aromatic carbocycles. The molecule has 0 fully saturated rings. The Labute approximate surface area is 72.0 Å². The van der Waals surface area contributed by atoms with E-state index in [1.54, 1.807) is 19.1 Å². The van der Waals surface area contributed by atoms with E-state index in [2.05, 4.69) is 5.18 Å². The molecule has 0 spiro atoms. The van der Waals surface area contributed by atoms with Crippen LogP contribution in [-0.2, 0) is 0 Å². The van der Waals surface area contributed by atoms with Gasteiger partial charge in [0.15, 0.2) is 0 Å². The Morgan fingerprint density at radius 2 is 1.92 bits per heavy atom. The van der Waals surface area contributed by atoms with E-state index >= 15 is 0 Å². The zero-order chi connectivity index (χ0) is 9.56. The zero-order valence-electron chi connectivity index (χ0n) is 7.53. The first-order valence-electron chi connectivity index (χ1n) is 3.87. The summed E-state index contributed by atoms with van der Waals surface area (Å²) in [4.78, 5) is 10.0. The van der Waals surface area contributed by atoms with Crippen molar-refractivity contribution in [3.8, 4) is 5.75 Å². The Kier molecular flexibility index (Phi) is 4.69. The molecule has 1 aromatic rings. The lowest BCUT2D eigenvalue weighted by Crippen LogP contribution is -1.73. The van der Waals surface area contributed by atoms with Gasteiger partial charge < -0.3 is 5.11 Å². The number of aromatic hydroxyl groups is 1. The SMILES string of the molecule is CC.Cc1c(O)cccc1N=O. The molecule has 0 radical (unpaired) electrons. The van der Waals surface area contributed by atoms with Crippen LogP contribution in [0.1, 0.15) is 19.4 Å². The van der Waals surface area contributed by atoms with Gasteiger partial charge in [-0.25, -0.2) is 0 Å². The van der Waals surface area contributed by atoms with E-state index in [1.165, 1.54) is 6.07 Å². The maximum absolute atomic E-state index is 10.0. The quantitative estimate of drug-likeness (QED) is 0.653. The number of hydrogen-bond acceptors (Lipinski definition) is 3. The second kappa shape index (κ2) is 5.29. The molecule has 0 saturated carbocycles. The van der Waals surface area contributed by atoms with Crippen LogP contribution in [0.25, 0.3) is 0 Å². The van der Waals surface area contributed by atoms with E-state index in [0.717, 1.165) is 0 Å². The number of hydrogen-bond donors (Lipinski definition) is 1. The second-order valence-electron chi connectivity index (χ2n) is 2.01. The Morgan fingerprint density at radius 3 is 2.33 bits per heavy atom. The maximum atomic E-state index is 10.0. The lowest BCUT2D eigenvalue weighted by atomic mass is 10.2. The van der Waals surface area contributed by atoms with E-state index in [-0.39, 0.29) is 5.75 Å². The normalized spacial score (nSPS) is 8.25. The van der Waals surface area contributed by atoms with Crippen LogP contribution >= 0.6 is 0 Å². The van der Waals surface area contributed by atoms with E-state index in [4.69, 9.17) is 5.11 Å². The van der Waals surface area contributed by atoms with Crippen molar-refractivity contribution in [2.75, 3.05) is 0 Å². The highest BCUT2D eigenvalue weighted by molar-refractivity contribution is 5.51. The molecule has 0 amide bonds. The number of phenolic OH excluding ortho intramolecular Hbond substituents is 1. The van der Waals surface area contributed by atoms with Crippen molar-refractivity contribution in [3.05, 3.63) is 28.7 Å². The summed E-state index contributed by atoms with van der Waals surface area (Å²) >= 11 is 0. The predicted molar refractivity (Wildman–Crippen MR) is 49.6 cm³/mol. The van der Waals surface area contributed by atoms with Gasteiger partial charge in [0.25, 0.3) is 0 Å². The van der Waals surface area contributed by atoms with Crippen molar-refractivity contribution in [3.63, 3.8) is 0 Å². The molecule has 0 saturated heterocycles. The van der Waals surface area contributed by atoms with E-state index < -0.39 is 0 Å². The summed E-state index contributed by atoms with van der Waals surface area (Å²) in [6.07, 6.45) is 0. The van der Waals surface area contributed by atoms with Gasteiger partial charge in [-0.3, -0.25) is 0 Å². The standard InChI is InChI=1S/C7H7NO2.C2H6/c1-5-6(8-10)3-2-4-7(5)9;1-2/h2-4,9H,1H3;1-2H3. The lowest BCUT2D eigenvalue weighted by molar-refractivity contribution is 0.471. The molecule has 0 unspecified atom stereocenters. The molecule has 66 valence electrons. The average Bonchev–Trinajstić information content (AvgIpc) is 2.13. The Morgan fingerprint density at radius 1 is 1.33 bits per heavy atom. The summed E-state index contributed by atoms with van der Waals surface area (Å²) in [5.41, 5.74) is 0.817. The van der Waals surface area contributed by atoms with Crippen molar-refractivity contribution in [2.45, 2.75) is 20.8 Å². The first kappa shape index (κ1) is 10.6. The fourth-order valence-corrected chi connectivity index (χ4v) is 0.711. The number of benzene rings is 1. The first-order valence-corrected chi connectivity index (χ1v) is 3.87. The summed E-state index contributed by atoms with van der Waals surface area (Å²) in [6, 6.07) is 4.66. The zero-order valence-corrected chi connectivity index (χ0v) is 7.53. The smallest absolute Gasteiger partial charge is 0.120 e. The summed E-state index contributed by atoms with van der Waals surface area (Å²) in [7, 11) is 0. The van der Waals surface area contributed by atoms with Gasteiger partial charge in [-0.15, -0.1) is 4.91 Å². The van der Waals surface area contributed by atoms with Gasteiger partial charge in [-0.2, -0.15) is 0 Å². The highest BCUT2D eigenvalue weighted by Gasteiger charge is 2.00. The molecule has 1 N–H and O–H groups in total. The van der Waals surface area contributed by atoms with Crippen molar-refractivity contribution in [1.82, 2.24) is 0 Å². The lowest BCUT2D eigenvalue weighted by Gasteiger charge is -1.97. The van der Waals surface area contributed by atoms with Crippen molar-refractivity contribution in [2.24, 2.45) is 5.18 Å². The van der Waals surface area contributed by atoms with Crippen LogP contribution in [-0.4, -0.2) is 5.11 Å². The Hall–Kier alpha value is -1.38. The van der Waals surface area contributed by atoms with Crippen LogP contribution in [0, 0.1) is 11.8 Å². The van der Waals surface area contributed by atoms with Gasteiger partial charge in [0.05, 0.1) is 0 Å². The monoisotopic (exact) mass is 167 g/mol. The van der Waals surface area contributed by atoms with Gasteiger partial charge in [0.1, 0.15) is 11.4 Å². The van der Waals surface area contributed by atoms with Gasteiger partial charge >= 0.3 is 0 Å². The predicted octanol–water partition coefficient (Wildman–Crippen LogP) is 3.12. The van der Waals surface area contributed by atoms with Crippen LogP contribution in [0.5, 0.6) is 5.75 Å². The molecule has 1 rings (SSSR count). The number of phenols is 1. The molecule has 0 aromatic heterocycles. The Bertz CT molecular complexity index is 259. The van der Waals surface area contributed by atoms with Gasteiger partial charge in [-0.05, 0) is 24.2 Å². The highest BCUT2D eigenvalue weighted by Crippen LogP contribution is 2.25. The highest BCUT2D eigenvalue weighted by atomic mass is 16.3. The molecule has 0 aliphatic carbocycles. The molecule has 0 atom stereocenters. The number of nitroso groups, excluding NO2 is 1. The van der Waals surface area contributed by atoms with Crippen molar-refractivity contribution < 1.29 is 5.11 Å². The molecular formula is C9H13NO2. The number of rotatable bonds is 1. The molecule has 3 heteroatoms. The summed E-state index contributed by atoms with van der Waals surface area (Å²) in [5.74, 6) is 0.108. The van der Waals surface area contributed by atoms with Crippen LogP contribution < -0.4 is 0 Å². The third kappa shape index (κ3) is 2.34. The van der Waals surface area contributed by atoms with Gasteiger partial charge in [-0.1, -0.05) is 19.9 Å². The van der Waals surface area contributed by atoms with E-state index in [0.29, 0.717) is 11.3 Å². The van der Waals surface area contributed by atoms with Crippen molar-refractivity contribution >= 4 is 5.69 Å². The first-order chi connectivity index (χ1) is 5.75. The third-order valence-corrected chi connectivity index (χ3v) is 1.37. The summed E-state index contributed by atoms with van der Waals surface area (Å²) in [6.45, 7) is 5.64. The fourth-order valence-electron chi connectivity index (χ4n) is 0.711. The third-order valence-electron chi connectivity index (χ3n) is 1.37. The molecule has 12 heavy (non-hydrogen) atoms. The van der Waals surface area contributed by atoms with E-state index in [9.17, 15) is 4.91 Å². The maximum Gasteiger partial charge on any atom is 0.120 e. The van der Waals surface area contributed by atoms with Gasteiger partial charge in [0, 0.05) is 5.56 Å². The summed E-state index contributed by atoms with van der Waals surface area (Å²) < 4.78 is 0. The second-order valence-corrected chi connectivity index (χ2v) is 2.01. The molecule has 0 heterocycles. The van der Waals surface area contributed by atoms with Crippen LogP contribution in [0.3, 0.4) is 0 Å². The molecule has 0 aliphatic rings. The van der Waals surface area contributed by atoms with Crippen LogP contribution in [0.4, 0.5) is 5.69 Å². The van der Waals surface area contributed by atoms with Crippen molar-refractivity contribution in [1.29, 1.82) is 0 Å². The average molecular weight is 167 g/mol.